The minimum absolute atomic E-state index is 0.465. The van der Waals surface area contributed by atoms with E-state index in [1.54, 1.807) is 6.20 Å². The molecule has 2 rings (SSSR count). The first-order valence-corrected chi connectivity index (χ1v) is 7.58. The second-order valence-corrected chi connectivity index (χ2v) is 5.50. The van der Waals surface area contributed by atoms with Crippen molar-refractivity contribution < 1.29 is 4.74 Å². The Morgan fingerprint density at radius 2 is 2.25 bits per heavy atom. The summed E-state index contributed by atoms with van der Waals surface area (Å²) >= 11 is 3.56. The lowest BCUT2D eigenvalue weighted by molar-refractivity contribution is 0.286. The fraction of sp³-hybridized carbons (Fsp3) is 0.400. The first kappa shape index (κ1) is 15.1. The number of benzene rings is 1. The molecule has 0 radical (unpaired) electrons. The topological polar surface area (TPSA) is 39.1 Å². The van der Waals surface area contributed by atoms with Crippen LogP contribution in [0.1, 0.15) is 24.7 Å². The molecule has 0 amide bonds. The van der Waals surface area contributed by atoms with E-state index in [0.29, 0.717) is 6.61 Å². The van der Waals surface area contributed by atoms with E-state index in [-0.39, 0.29) is 0 Å². The second kappa shape index (κ2) is 7.45. The average molecular weight is 338 g/mol. The van der Waals surface area contributed by atoms with Gasteiger partial charge in [0.1, 0.15) is 18.2 Å². The zero-order chi connectivity index (χ0) is 14.4. The van der Waals surface area contributed by atoms with E-state index in [0.717, 1.165) is 41.1 Å². The standard InChI is InChI=1S/C15H20BrN3O/c1-3-7-17-10-12-5-4-6-13(16)15(12)20-11-14-18-8-9-19(14)2/h4-6,8-9,17H,3,7,10-11H2,1-2H3. The van der Waals surface area contributed by atoms with Crippen molar-refractivity contribution in [3.8, 4) is 5.75 Å². The highest BCUT2D eigenvalue weighted by molar-refractivity contribution is 9.10. The lowest BCUT2D eigenvalue weighted by Gasteiger charge is -2.13. The number of hydrogen-bond acceptors (Lipinski definition) is 3. The van der Waals surface area contributed by atoms with Gasteiger partial charge in [0.05, 0.1) is 4.47 Å². The van der Waals surface area contributed by atoms with E-state index in [4.69, 9.17) is 4.74 Å². The zero-order valence-corrected chi connectivity index (χ0v) is 13.5. The third kappa shape index (κ3) is 3.84. The van der Waals surface area contributed by atoms with E-state index in [1.807, 2.05) is 29.9 Å². The van der Waals surface area contributed by atoms with Crippen LogP contribution in [0, 0.1) is 0 Å². The predicted octanol–water partition coefficient (Wildman–Crippen LogP) is 3.26. The molecule has 1 heterocycles. The summed E-state index contributed by atoms with van der Waals surface area (Å²) in [5, 5.41) is 3.40. The van der Waals surface area contributed by atoms with Crippen molar-refractivity contribution >= 4 is 15.9 Å². The highest BCUT2D eigenvalue weighted by Gasteiger charge is 2.09. The van der Waals surface area contributed by atoms with Gasteiger partial charge in [-0.05, 0) is 35.0 Å². The molecule has 20 heavy (non-hydrogen) atoms. The summed E-state index contributed by atoms with van der Waals surface area (Å²) in [5.74, 6) is 1.80. The van der Waals surface area contributed by atoms with Crippen molar-refractivity contribution in [3.05, 3.63) is 46.5 Å². The van der Waals surface area contributed by atoms with Crippen LogP contribution in [0.2, 0.25) is 0 Å². The molecular formula is C15H20BrN3O. The number of ether oxygens (including phenoxy) is 1. The Bertz CT molecular complexity index is 554. The van der Waals surface area contributed by atoms with Gasteiger partial charge in [-0.2, -0.15) is 0 Å². The van der Waals surface area contributed by atoms with Crippen molar-refractivity contribution in [3.63, 3.8) is 0 Å². The van der Waals surface area contributed by atoms with Gasteiger partial charge in [0, 0.05) is 31.5 Å². The minimum Gasteiger partial charge on any atom is -0.484 e. The third-order valence-electron chi connectivity index (χ3n) is 3.06. The van der Waals surface area contributed by atoms with Gasteiger partial charge in [-0.1, -0.05) is 19.1 Å². The molecule has 0 aliphatic heterocycles. The maximum atomic E-state index is 5.95. The van der Waals surface area contributed by atoms with Crippen molar-refractivity contribution in [2.24, 2.45) is 7.05 Å². The second-order valence-electron chi connectivity index (χ2n) is 4.65. The molecule has 2 aromatic rings. The van der Waals surface area contributed by atoms with Gasteiger partial charge in [0.25, 0.3) is 0 Å². The molecular weight excluding hydrogens is 318 g/mol. The molecule has 4 nitrogen and oxygen atoms in total. The molecule has 108 valence electrons. The molecule has 0 bridgehead atoms. The van der Waals surface area contributed by atoms with Crippen LogP contribution in [0.25, 0.3) is 0 Å². The first-order chi connectivity index (χ1) is 9.72. The van der Waals surface area contributed by atoms with E-state index in [1.165, 1.54) is 0 Å². The van der Waals surface area contributed by atoms with Gasteiger partial charge in [-0.3, -0.25) is 0 Å². The maximum absolute atomic E-state index is 5.95. The fourth-order valence-corrected chi connectivity index (χ4v) is 2.45. The quantitative estimate of drug-likeness (QED) is 0.788. The number of aryl methyl sites for hydroxylation is 1. The average Bonchev–Trinajstić information content (AvgIpc) is 2.84. The van der Waals surface area contributed by atoms with Crippen molar-refractivity contribution in [2.45, 2.75) is 26.5 Å². The van der Waals surface area contributed by atoms with Crippen LogP contribution in [-0.2, 0) is 20.2 Å². The smallest absolute Gasteiger partial charge is 0.146 e. The lowest BCUT2D eigenvalue weighted by Crippen LogP contribution is -2.15. The van der Waals surface area contributed by atoms with Crippen LogP contribution in [0.3, 0.4) is 0 Å². The number of aromatic nitrogens is 2. The fourth-order valence-electron chi connectivity index (χ4n) is 1.93. The number of rotatable bonds is 7. The van der Waals surface area contributed by atoms with Gasteiger partial charge in [-0.15, -0.1) is 0 Å². The number of nitrogens with zero attached hydrogens (tertiary/aromatic N) is 2. The summed E-state index contributed by atoms with van der Waals surface area (Å²) in [6, 6.07) is 6.11. The molecule has 0 spiro atoms. The highest BCUT2D eigenvalue weighted by Crippen LogP contribution is 2.29. The molecule has 0 saturated heterocycles. The van der Waals surface area contributed by atoms with Crippen LogP contribution in [-0.4, -0.2) is 16.1 Å². The summed E-state index contributed by atoms with van der Waals surface area (Å²) in [6.45, 7) is 4.44. The van der Waals surface area contributed by atoms with Gasteiger partial charge in [0.2, 0.25) is 0 Å². The minimum atomic E-state index is 0.465. The third-order valence-corrected chi connectivity index (χ3v) is 3.68. The Balaban J connectivity index is 2.07. The van der Waals surface area contributed by atoms with E-state index < -0.39 is 0 Å². The van der Waals surface area contributed by atoms with Crippen molar-refractivity contribution in [1.29, 1.82) is 0 Å². The molecule has 0 saturated carbocycles. The number of nitrogens with one attached hydrogen (secondary N) is 1. The summed E-state index contributed by atoms with van der Waals surface area (Å²) in [7, 11) is 1.97. The molecule has 5 heteroatoms. The largest absolute Gasteiger partial charge is 0.484 e. The zero-order valence-electron chi connectivity index (χ0n) is 11.9. The van der Waals surface area contributed by atoms with E-state index >= 15 is 0 Å². The Morgan fingerprint density at radius 3 is 2.95 bits per heavy atom. The molecule has 0 aliphatic rings. The van der Waals surface area contributed by atoms with Crippen LogP contribution in [0.5, 0.6) is 5.75 Å². The number of para-hydroxylation sites is 1. The summed E-state index contributed by atoms with van der Waals surface area (Å²) in [4.78, 5) is 4.27. The van der Waals surface area contributed by atoms with Crippen LogP contribution < -0.4 is 10.1 Å². The summed E-state index contributed by atoms with van der Waals surface area (Å²) in [5.41, 5.74) is 1.15. The van der Waals surface area contributed by atoms with Gasteiger partial charge >= 0.3 is 0 Å². The summed E-state index contributed by atoms with van der Waals surface area (Å²) < 4.78 is 8.89. The van der Waals surface area contributed by atoms with Gasteiger partial charge in [0.15, 0.2) is 0 Å². The Kier molecular flexibility index (Phi) is 5.61. The first-order valence-electron chi connectivity index (χ1n) is 6.79. The molecule has 1 aromatic carbocycles. The maximum Gasteiger partial charge on any atom is 0.146 e. The number of imidazole rings is 1. The monoisotopic (exact) mass is 337 g/mol. The molecule has 1 N–H and O–H groups in total. The summed E-state index contributed by atoms with van der Waals surface area (Å²) in [6.07, 6.45) is 4.82. The Hall–Kier alpha value is -1.33. The van der Waals surface area contributed by atoms with Crippen LogP contribution >= 0.6 is 15.9 Å². The number of hydrogen-bond donors (Lipinski definition) is 1. The molecule has 0 unspecified atom stereocenters. The van der Waals surface area contributed by atoms with Gasteiger partial charge in [-0.25, -0.2) is 4.98 Å². The van der Waals surface area contributed by atoms with E-state index in [2.05, 4.69) is 39.2 Å². The molecule has 0 atom stereocenters. The van der Waals surface area contributed by atoms with Crippen molar-refractivity contribution in [2.75, 3.05) is 6.54 Å². The molecule has 0 fully saturated rings. The van der Waals surface area contributed by atoms with Crippen LogP contribution in [0.4, 0.5) is 0 Å². The number of halogens is 1. The lowest BCUT2D eigenvalue weighted by atomic mass is 10.2. The molecule has 0 aliphatic carbocycles. The SMILES string of the molecule is CCCNCc1cccc(Br)c1OCc1nccn1C. The predicted molar refractivity (Wildman–Crippen MR) is 83.7 cm³/mol. The van der Waals surface area contributed by atoms with Gasteiger partial charge < -0.3 is 14.6 Å². The Labute approximate surface area is 128 Å². The van der Waals surface area contributed by atoms with E-state index in [9.17, 15) is 0 Å². The molecule has 1 aromatic heterocycles. The highest BCUT2D eigenvalue weighted by atomic mass is 79.9. The normalized spacial score (nSPS) is 10.8. The Morgan fingerprint density at radius 1 is 1.40 bits per heavy atom. The van der Waals surface area contributed by atoms with Crippen LogP contribution in [0.15, 0.2) is 35.1 Å². The van der Waals surface area contributed by atoms with Crippen molar-refractivity contribution in [1.82, 2.24) is 14.9 Å².